The van der Waals surface area contributed by atoms with Crippen molar-refractivity contribution in [2.24, 2.45) is 0 Å². The molecule has 27 heavy (non-hydrogen) atoms. The van der Waals surface area contributed by atoms with Gasteiger partial charge in [-0.05, 0) is 63.4 Å². The van der Waals surface area contributed by atoms with Gasteiger partial charge < -0.3 is 14.8 Å². The van der Waals surface area contributed by atoms with Gasteiger partial charge in [-0.15, -0.1) is 0 Å². The molecule has 1 amide bonds. The number of benzene rings is 2. The van der Waals surface area contributed by atoms with Crippen LogP contribution < -0.4 is 10.1 Å². The molecule has 0 aliphatic carbocycles. The van der Waals surface area contributed by atoms with Gasteiger partial charge in [-0.25, -0.2) is 4.39 Å². The number of halogens is 1. The second-order valence-corrected chi connectivity index (χ2v) is 7.28. The van der Waals surface area contributed by atoms with Gasteiger partial charge in [-0.1, -0.05) is 18.2 Å². The molecule has 2 aromatic carbocycles. The summed E-state index contributed by atoms with van der Waals surface area (Å²) in [6, 6.07) is 12.1. The van der Waals surface area contributed by atoms with E-state index in [9.17, 15) is 9.18 Å². The Morgan fingerprint density at radius 3 is 2.52 bits per heavy atom. The summed E-state index contributed by atoms with van der Waals surface area (Å²) in [5.74, 6) is 0.233. The lowest BCUT2D eigenvalue weighted by Gasteiger charge is -2.36. The smallest absolute Gasteiger partial charge is 0.235 e. The zero-order valence-corrected chi connectivity index (χ0v) is 16.0. The molecule has 144 valence electrons. The van der Waals surface area contributed by atoms with Crippen LogP contribution in [0, 0.1) is 12.7 Å². The van der Waals surface area contributed by atoms with Crippen LogP contribution >= 0.6 is 0 Å². The number of ether oxygens (including phenoxy) is 2. The van der Waals surface area contributed by atoms with Gasteiger partial charge >= 0.3 is 0 Å². The first-order valence-corrected chi connectivity index (χ1v) is 9.34. The maximum atomic E-state index is 14.5. The van der Waals surface area contributed by atoms with Crippen molar-refractivity contribution in [3.63, 3.8) is 0 Å². The molecule has 3 rings (SSSR count). The predicted octanol–water partition coefficient (Wildman–Crippen LogP) is 4.61. The summed E-state index contributed by atoms with van der Waals surface area (Å²) in [4.78, 5) is 13.3. The van der Waals surface area contributed by atoms with E-state index in [1.54, 1.807) is 18.2 Å². The van der Waals surface area contributed by atoms with E-state index in [2.05, 4.69) is 5.32 Å². The summed E-state index contributed by atoms with van der Waals surface area (Å²) < 4.78 is 25.7. The zero-order valence-electron chi connectivity index (χ0n) is 16.0. The minimum absolute atomic E-state index is 0.0794. The highest BCUT2D eigenvalue weighted by molar-refractivity contribution is 5.99. The highest BCUT2D eigenvalue weighted by Crippen LogP contribution is 2.37. The van der Waals surface area contributed by atoms with Gasteiger partial charge in [-0.3, -0.25) is 4.79 Å². The standard InChI is InChI=1S/C22H26FNO3/c1-15(2)27-20-9-8-17(14-16(20)3)24-21(25)22(10-12-26-13-11-22)18-6-4-5-7-19(18)23/h4-9,14-15H,10-13H2,1-3H3,(H,24,25). The Morgan fingerprint density at radius 1 is 1.19 bits per heavy atom. The molecule has 1 fully saturated rings. The number of hydrogen-bond donors (Lipinski definition) is 1. The largest absolute Gasteiger partial charge is 0.491 e. The fraction of sp³-hybridized carbons (Fsp3) is 0.409. The maximum Gasteiger partial charge on any atom is 0.235 e. The van der Waals surface area contributed by atoms with Gasteiger partial charge in [0.15, 0.2) is 0 Å². The molecule has 1 saturated heterocycles. The number of amides is 1. The molecule has 1 heterocycles. The number of aryl methyl sites for hydroxylation is 1. The van der Waals surface area contributed by atoms with Crippen LogP contribution in [0.15, 0.2) is 42.5 Å². The van der Waals surface area contributed by atoms with Crippen LogP contribution in [0.2, 0.25) is 0 Å². The normalized spacial score (nSPS) is 16.2. The van der Waals surface area contributed by atoms with E-state index in [-0.39, 0.29) is 17.8 Å². The maximum absolute atomic E-state index is 14.5. The van der Waals surface area contributed by atoms with Crippen molar-refractivity contribution in [1.82, 2.24) is 0 Å². The summed E-state index contributed by atoms with van der Waals surface area (Å²) in [6.07, 6.45) is 0.983. The highest BCUT2D eigenvalue weighted by atomic mass is 19.1. The summed E-state index contributed by atoms with van der Waals surface area (Å²) in [7, 11) is 0. The van der Waals surface area contributed by atoms with Crippen LogP contribution in [-0.2, 0) is 14.9 Å². The van der Waals surface area contributed by atoms with Crippen LogP contribution in [-0.4, -0.2) is 25.2 Å². The van der Waals surface area contributed by atoms with Crippen LogP contribution in [0.3, 0.4) is 0 Å². The lowest BCUT2D eigenvalue weighted by Crippen LogP contribution is -2.45. The van der Waals surface area contributed by atoms with Crippen molar-refractivity contribution in [1.29, 1.82) is 0 Å². The molecule has 0 atom stereocenters. The van der Waals surface area contributed by atoms with Crippen LogP contribution in [0.4, 0.5) is 10.1 Å². The van der Waals surface area contributed by atoms with E-state index in [1.807, 2.05) is 39.0 Å². The van der Waals surface area contributed by atoms with Crippen molar-refractivity contribution >= 4 is 11.6 Å². The Hall–Kier alpha value is -2.40. The number of carbonyl (C=O) groups is 1. The first kappa shape index (κ1) is 19.4. The van der Waals surface area contributed by atoms with E-state index < -0.39 is 5.41 Å². The zero-order chi connectivity index (χ0) is 19.4. The molecule has 0 aromatic heterocycles. The molecule has 1 aliphatic heterocycles. The Labute approximate surface area is 159 Å². The number of anilines is 1. The predicted molar refractivity (Wildman–Crippen MR) is 104 cm³/mol. The van der Waals surface area contributed by atoms with Gasteiger partial charge in [0.2, 0.25) is 5.91 Å². The molecule has 4 nitrogen and oxygen atoms in total. The third kappa shape index (κ3) is 4.14. The second-order valence-electron chi connectivity index (χ2n) is 7.28. The van der Waals surface area contributed by atoms with Crippen molar-refractivity contribution < 1.29 is 18.7 Å². The second kappa shape index (κ2) is 8.09. The summed E-state index contributed by atoms with van der Waals surface area (Å²) in [6.45, 7) is 6.75. The Morgan fingerprint density at radius 2 is 1.89 bits per heavy atom. The van der Waals surface area contributed by atoms with Gasteiger partial charge in [0, 0.05) is 24.5 Å². The highest BCUT2D eigenvalue weighted by Gasteiger charge is 2.43. The van der Waals surface area contributed by atoms with Crippen molar-refractivity contribution in [3.05, 3.63) is 59.4 Å². The Balaban J connectivity index is 1.88. The summed E-state index contributed by atoms with van der Waals surface area (Å²) in [5.41, 5.74) is 1.12. The minimum Gasteiger partial charge on any atom is -0.491 e. The van der Waals surface area contributed by atoms with Crippen LogP contribution in [0.25, 0.3) is 0 Å². The monoisotopic (exact) mass is 371 g/mol. The van der Waals surface area contributed by atoms with E-state index in [4.69, 9.17) is 9.47 Å². The fourth-order valence-electron chi connectivity index (χ4n) is 3.55. The van der Waals surface area contributed by atoms with Crippen LogP contribution in [0.5, 0.6) is 5.75 Å². The molecule has 1 aliphatic rings. The molecule has 5 heteroatoms. The Kier molecular flexibility index (Phi) is 5.80. The van der Waals surface area contributed by atoms with E-state index in [1.165, 1.54) is 6.07 Å². The average molecular weight is 371 g/mol. The average Bonchev–Trinajstić information content (AvgIpc) is 2.64. The topological polar surface area (TPSA) is 47.6 Å². The van der Waals surface area contributed by atoms with Gasteiger partial charge in [-0.2, -0.15) is 0 Å². The van der Waals surface area contributed by atoms with Crippen molar-refractivity contribution in [2.45, 2.75) is 45.1 Å². The quantitative estimate of drug-likeness (QED) is 0.835. The lowest BCUT2D eigenvalue weighted by molar-refractivity contribution is -0.125. The van der Waals surface area contributed by atoms with Crippen molar-refractivity contribution in [2.75, 3.05) is 18.5 Å². The number of hydrogen-bond acceptors (Lipinski definition) is 3. The summed E-state index contributed by atoms with van der Waals surface area (Å²) in [5, 5.41) is 2.98. The number of carbonyl (C=O) groups excluding carboxylic acids is 1. The van der Waals surface area contributed by atoms with Gasteiger partial charge in [0.1, 0.15) is 11.6 Å². The molecule has 1 N–H and O–H groups in total. The molecule has 0 saturated carbocycles. The lowest BCUT2D eigenvalue weighted by atomic mass is 9.73. The molecule has 0 radical (unpaired) electrons. The third-order valence-corrected chi connectivity index (χ3v) is 4.97. The Bertz CT molecular complexity index is 813. The first-order chi connectivity index (χ1) is 12.9. The molecular weight excluding hydrogens is 345 g/mol. The fourth-order valence-corrected chi connectivity index (χ4v) is 3.55. The molecule has 2 aromatic rings. The third-order valence-electron chi connectivity index (χ3n) is 4.97. The van der Waals surface area contributed by atoms with Gasteiger partial charge in [0.25, 0.3) is 0 Å². The first-order valence-electron chi connectivity index (χ1n) is 9.34. The SMILES string of the molecule is Cc1cc(NC(=O)C2(c3ccccc3F)CCOCC2)ccc1OC(C)C. The number of rotatable bonds is 5. The van der Waals surface area contributed by atoms with Crippen LogP contribution in [0.1, 0.15) is 37.8 Å². The molecule has 0 spiro atoms. The van der Waals surface area contributed by atoms with E-state index in [0.717, 1.165) is 11.3 Å². The molecule has 0 bridgehead atoms. The summed E-state index contributed by atoms with van der Waals surface area (Å²) >= 11 is 0. The molecular formula is C22H26FNO3. The molecule has 0 unspecified atom stereocenters. The van der Waals surface area contributed by atoms with E-state index >= 15 is 0 Å². The number of nitrogens with one attached hydrogen (secondary N) is 1. The van der Waals surface area contributed by atoms with E-state index in [0.29, 0.717) is 37.3 Å². The minimum atomic E-state index is -0.926. The van der Waals surface area contributed by atoms with Crippen molar-refractivity contribution in [3.8, 4) is 5.75 Å². The van der Waals surface area contributed by atoms with Gasteiger partial charge in [0.05, 0.1) is 11.5 Å².